The zero-order valence-electron chi connectivity index (χ0n) is 10.8. The van der Waals surface area contributed by atoms with Crippen LogP contribution >= 0.6 is 0 Å². The summed E-state index contributed by atoms with van der Waals surface area (Å²) in [6.07, 6.45) is 0.452. The lowest BCUT2D eigenvalue weighted by Crippen LogP contribution is -2.35. The fourth-order valence-corrected chi connectivity index (χ4v) is 1.51. The van der Waals surface area contributed by atoms with Gasteiger partial charge in [0.1, 0.15) is 0 Å². The first-order valence-electron chi connectivity index (χ1n) is 5.81. The van der Waals surface area contributed by atoms with E-state index in [9.17, 15) is 18.0 Å². The molecule has 0 saturated carbocycles. The predicted molar refractivity (Wildman–Crippen MR) is 64.1 cm³/mol. The Labute approximate surface area is 109 Å². The maximum atomic E-state index is 13.4. The Balaban J connectivity index is 2.77. The average molecular weight is 275 g/mol. The van der Waals surface area contributed by atoms with Crippen LogP contribution in [-0.4, -0.2) is 24.2 Å². The second-order valence-corrected chi connectivity index (χ2v) is 5.04. The predicted octanol–water partition coefficient (Wildman–Crippen LogP) is 2.24. The van der Waals surface area contributed by atoms with Crippen LogP contribution in [0.4, 0.5) is 13.2 Å². The molecule has 0 heterocycles. The molecule has 2 N–H and O–H groups in total. The van der Waals surface area contributed by atoms with Gasteiger partial charge in [-0.25, -0.2) is 13.2 Å². The minimum atomic E-state index is -1.66. The Hall–Kier alpha value is -1.56. The van der Waals surface area contributed by atoms with E-state index in [1.807, 2.05) is 13.8 Å². The maximum absolute atomic E-state index is 13.4. The summed E-state index contributed by atoms with van der Waals surface area (Å²) >= 11 is 0. The molecule has 1 aromatic carbocycles. The number of rotatable bonds is 5. The van der Waals surface area contributed by atoms with Gasteiger partial charge >= 0.3 is 0 Å². The second kappa shape index (κ2) is 6.06. The van der Waals surface area contributed by atoms with Crippen molar-refractivity contribution < 1.29 is 23.1 Å². The van der Waals surface area contributed by atoms with Crippen molar-refractivity contribution in [1.29, 1.82) is 0 Å². The topological polar surface area (TPSA) is 49.3 Å². The van der Waals surface area contributed by atoms with E-state index in [0.717, 1.165) is 6.07 Å². The molecule has 3 nitrogen and oxygen atoms in total. The van der Waals surface area contributed by atoms with E-state index in [1.165, 1.54) is 0 Å². The minimum absolute atomic E-state index is 0.0393. The molecule has 0 bridgehead atoms. The van der Waals surface area contributed by atoms with E-state index in [0.29, 0.717) is 12.5 Å². The molecule has 0 radical (unpaired) electrons. The van der Waals surface area contributed by atoms with Gasteiger partial charge in [0, 0.05) is 13.2 Å². The standard InChI is InChI=1S/C13H16F3NO2/c1-13(2,5-6-18)7-17-12(19)8-3-4-9(14)11(16)10(8)15/h3-4,18H,5-7H2,1-2H3,(H,17,19). The van der Waals surface area contributed by atoms with Gasteiger partial charge in [0.05, 0.1) is 5.56 Å². The molecule has 0 unspecified atom stereocenters. The number of aliphatic hydroxyl groups excluding tert-OH is 1. The van der Waals surface area contributed by atoms with Crippen molar-refractivity contribution in [3.8, 4) is 0 Å². The number of halogens is 3. The van der Waals surface area contributed by atoms with Gasteiger partial charge in [0.2, 0.25) is 0 Å². The smallest absolute Gasteiger partial charge is 0.254 e. The molecule has 0 atom stereocenters. The van der Waals surface area contributed by atoms with Crippen molar-refractivity contribution in [1.82, 2.24) is 5.32 Å². The molecule has 1 aromatic rings. The van der Waals surface area contributed by atoms with Crippen molar-refractivity contribution in [2.45, 2.75) is 20.3 Å². The zero-order valence-corrected chi connectivity index (χ0v) is 10.8. The summed E-state index contributed by atoms with van der Waals surface area (Å²) in [5.74, 6) is -5.32. The van der Waals surface area contributed by atoms with E-state index in [1.54, 1.807) is 0 Å². The molecule has 6 heteroatoms. The lowest BCUT2D eigenvalue weighted by molar-refractivity contribution is 0.0923. The fraction of sp³-hybridized carbons (Fsp3) is 0.462. The highest BCUT2D eigenvalue weighted by Gasteiger charge is 2.22. The molecule has 0 aromatic heterocycles. The molecule has 0 fully saturated rings. The minimum Gasteiger partial charge on any atom is -0.396 e. The van der Waals surface area contributed by atoms with Crippen LogP contribution in [-0.2, 0) is 0 Å². The summed E-state index contributed by atoms with van der Waals surface area (Å²) in [7, 11) is 0. The summed E-state index contributed by atoms with van der Waals surface area (Å²) in [6, 6.07) is 1.59. The molecule has 19 heavy (non-hydrogen) atoms. The normalized spacial score (nSPS) is 11.5. The molecule has 0 aliphatic heterocycles. The Kier molecular flexibility index (Phi) is 4.94. The molecular weight excluding hydrogens is 259 g/mol. The van der Waals surface area contributed by atoms with Crippen LogP contribution in [0.1, 0.15) is 30.6 Å². The van der Waals surface area contributed by atoms with Gasteiger partial charge in [0.25, 0.3) is 5.91 Å². The van der Waals surface area contributed by atoms with Crippen LogP contribution in [0.5, 0.6) is 0 Å². The van der Waals surface area contributed by atoms with Crippen molar-refractivity contribution in [2.75, 3.05) is 13.2 Å². The van der Waals surface area contributed by atoms with Crippen LogP contribution in [0, 0.1) is 22.9 Å². The van der Waals surface area contributed by atoms with Crippen molar-refractivity contribution in [2.24, 2.45) is 5.41 Å². The summed E-state index contributed by atoms with van der Waals surface area (Å²) in [4.78, 5) is 11.7. The Morgan fingerprint density at radius 3 is 2.47 bits per heavy atom. The number of hydrogen-bond acceptors (Lipinski definition) is 2. The third kappa shape index (κ3) is 3.96. The molecule has 1 rings (SSSR count). The van der Waals surface area contributed by atoms with Crippen LogP contribution in [0.25, 0.3) is 0 Å². The first-order chi connectivity index (χ1) is 8.78. The first-order valence-corrected chi connectivity index (χ1v) is 5.81. The highest BCUT2D eigenvalue weighted by Crippen LogP contribution is 2.19. The number of carbonyl (C=O) groups is 1. The highest BCUT2D eigenvalue weighted by molar-refractivity contribution is 5.94. The molecule has 0 spiro atoms. The fourth-order valence-electron chi connectivity index (χ4n) is 1.51. The molecular formula is C13H16F3NO2. The van der Waals surface area contributed by atoms with Crippen molar-refractivity contribution >= 4 is 5.91 Å². The first kappa shape index (κ1) is 15.5. The lowest BCUT2D eigenvalue weighted by Gasteiger charge is -2.23. The zero-order chi connectivity index (χ0) is 14.6. The van der Waals surface area contributed by atoms with E-state index in [-0.39, 0.29) is 18.6 Å². The number of hydrogen-bond donors (Lipinski definition) is 2. The van der Waals surface area contributed by atoms with E-state index in [2.05, 4.69) is 5.32 Å². The van der Waals surface area contributed by atoms with E-state index in [4.69, 9.17) is 5.11 Å². The summed E-state index contributed by atoms with van der Waals surface area (Å²) < 4.78 is 39.1. The van der Waals surface area contributed by atoms with Crippen LogP contribution < -0.4 is 5.32 Å². The van der Waals surface area contributed by atoms with Gasteiger partial charge < -0.3 is 10.4 Å². The second-order valence-electron chi connectivity index (χ2n) is 5.04. The Morgan fingerprint density at radius 2 is 1.89 bits per heavy atom. The van der Waals surface area contributed by atoms with Gasteiger partial charge in [0.15, 0.2) is 17.5 Å². The quantitative estimate of drug-likeness (QED) is 0.810. The number of benzene rings is 1. The third-order valence-electron chi connectivity index (χ3n) is 2.80. The molecule has 0 aliphatic carbocycles. The Morgan fingerprint density at radius 1 is 1.26 bits per heavy atom. The molecule has 0 saturated heterocycles. The molecule has 1 amide bonds. The summed E-state index contributed by atoms with van der Waals surface area (Å²) in [5, 5.41) is 11.3. The summed E-state index contributed by atoms with van der Waals surface area (Å²) in [5.41, 5.74) is -0.918. The van der Waals surface area contributed by atoms with E-state index < -0.39 is 28.9 Å². The third-order valence-corrected chi connectivity index (χ3v) is 2.80. The number of nitrogens with one attached hydrogen (secondary N) is 1. The monoisotopic (exact) mass is 275 g/mol. The van der Waals surface area contributed by atoms with Crippen LogP contribution in [0.15, 0.2) is 12.1 Å². The van der Waals surface area contributed by atoms with Gasteiger partial charge in [-0.2, -0.15) is 0 Å². The largest absolute Gasteiger partial charge is 0.396 e. The van der Waals surface area contributed by atoms with Gasteiger partial charge in [-0.1, -0.05) is 13.8 Å². The number of aliphatic hydroxyl groups is 1. The van der Waals surface area contributed by atoms with Crippen LogP contribution in [0.3, 0.4) is 0 Å². The van der Waals surface area contributed by atoms with Crippen LogP contribution in [0.2, 0.25) is 0 Å². The lowest BCUT2D eigenvalue weighted by atomic mass is 9.89. The van der Waals surface area contributed by atoms with Gasteiger partial charge in [-0.05, 0) is 24.0 Å². The Bertz CT molecular complexity index is 475. The maximum Gasteiger partial charge on any atom is 0.254 e. The van der Waals surface area contributed by atoms with Gasteiger partial charge in [-0.15, -0.1) is 0 Å². The SMILES string of the molecule is CC(C)(CCO)CNC(=O)c1ccc(F)c(F)c1F. The van der Waals surface area contributed by atoms with Crippen molar-refractivity contribution in [3.05, 3.63) is 35.1 Å². The summed E-state index contributed by atoms with van der Waals surface area (Å²) in [6.45, 7) is 3.77. The highest BCUT2D eigenvalue weighted by atomic mass is 19.2. The molecule has 106 valence electrons. The van der Waals surface area contributed by atoms with E-state index >= 15 is 0 Å². The number of amides is 1. The van der Waals surface area contributed by atoms with Crippen molar-refractivity contribution in [3.63, 3.8) is 0 Å². The molecule has 0 aliphatic rings. The number of carbonyl (C=O) groups excluding carboxylic acids is 1. The van der Waals surface area contributed by atoms with Gasteiger partial charge in [-0.3, -0.25) is 4.79 Å². The average Bonchev–Trinajstić information content (AvgIpc) is 2.33.